The molecule has 0 amide bonds. The number of benzene rings is 3. The summed E-state index contributed by atoms with van der Waals surface area (Å²) in [5.74, 6) is -0.471. The van der Waals surface area contributed by atoms with Gasteiger partial charge in [-0.3, -0.25) is 4.18 Å². The molecule has 3 aromatic rings. The minimum absolute atomic E-state index is 0.0128. The summed E-state index contributed by atoms with van der Waals surface area (Å²) in [6.45, 7) is 0.0236. The Kier molecular flexibility index (Phi) is 7.76. The number of sulfonamides is 1. The van der Waals surface area contributed by atoms with Gasteiger partial charge in [0, 0.05) is 6.54 Å². The number of fused-ring (bicyclic) bond motifs is 1. The van der Waals surface area contributed by atoms with Crippen molar-refractivity contribution in [2.24, 2.45) is 0 Å². The Morgan fingerprint density at radius 2 is 1.72 bits per heavy atom. The lowest BCUT2D eigenvalue weighted by atomic mass is 10.1. The van der Waals surface area contributed by atoms with Crippen molar-refractivity contribution in [3.8, 4) is 0 Å². The van der Waals surface area contributed by atoms with E-state index in [4.69, 9.17) is 13.7 Å². The highest BCUT2D eigenvalue weighted by atomic mass is 32.2. The molecule has 11 heteroatoms. The Bertz CT molecular complexity index is 1470. The average molecular weight is 534 g/mol. The van der Waals surface area contributed by atoms with Crippen LogP contribution < -0.4 is 0 Å². The summed E-state index contributed by atoms with van der Waals surface area (Å²) in [6.07, 6.45) is 0.265. The summed E-state index contributed by atoms with van der Waals surface area (Å²) < 4.78 is 67.6. The number of carbonyl (C=O) groups is 1. The van der Waals surface area contributed by atoms with Gasteiger partial charge in [0.05, 0.1) is 49.2 Å². The Hall–Kier alpha value is -2.83. The number of carbonyl (C=O) groups excluding carboxylic acids is 1. The monoisotopic (exact) mass is 533 g/mol. The fraction of sp³-hybridized carbons (Fsp3) is 0.320. The Morgan fingerprint density at radius 3 is 2.44 bits per heavy atom. The van der Waals surface area contributed by atoms with E-state index in [1.54, 1.807) is 42.5 Å². The van der Waals surface area contributed by atoms with Crippen molar-refractivity contribution in [3.63, 3.8) is 0 Å². The molecule has 0 aromatic heterocycles. The van der Waals surface area contributed by atoms with Crippen molar-refractivity contribution < 1.29 is 35.3 Å². The summed E-state index contributed by atoms with van der Waals surface area (Å²) in [5, 5.41) is 1.69. The fourth-order valence-corrected chi connectivity index (χ4v) is 6.61. The molecule has 0 radical (unpaired) electrons. The van der Waals surface area contributed by atoms with E-state index >= 15 is 0 Å². The van der Waals surface area contributed by atoms with Crippen molar-refractivity contribution in [1.29, 1.82) is 0 Å². The molecule has 192 valence electrons. The molecule has 9 nitrogen and oxygen atoms in total. The SMILES string of the molecule is COC(=O)c1cccc(COC[C@@H]2C[C@H](OS(C)(=O)=O)CN2S(=O)(=O)c2ccc3ccccc3c2)c1. The van der Waals surface area contributed by atoms with E-state index in [1.165, 1.54) is 11.4 Å². The number of hydrogen-bond donors (Lipinski definition) is 0. The normalized spacial score (nSPS) is 18.9. The van der Waals surface area contributed by atoms with E-state index in [-0.39, 0.29) is 31.1 Å². The average Bonchev–Trinajstić information content (AvgIpc) is 3.25. The van der Waals surface area contributed by atoms with E-state index < -0.39 is 38.3 Å². The standard InChI is InChI=1S/C25H27NO8S2/c1-32-25(27)21-9-5-6-18(12-21)16-33-17-22-14-23(34-35(2,28)29)15-26(22)36(30,31)24-11-10-19-7-3-4-8-20(19)13-24/h3-13,22-23H,14-17H2,1-2H3/t22-,23-/m0/s1. The van der Waals surface area contributed by atoms with Crippen LogP contribution >= 0.6 is 0 Å². The summed E-state index contributed by atoms with van der Waals surface area (Å²) >= 11 is 0. The lowest BCUT2D eigenvalue weighted by Crippen LogP contribution is -2.38. The summed E-state index contributed by atoms with van der Waals surface area (Å²) in [7, 11) is -6.45. The zero-order valence-corrected chi connectivity index (χ0v) is 21.5. The topological polar surface area (TPSA) is 116 Å². The smallest absolute Gasteiger partial charge is 0.337 e. The third-order valence-electron chi connectivity index (χ3n) is 5.89. The van der Waals surface area contributed by atoms with Crippen LogP contribution in [0.15, 0.2) is 71.6 Å². The van der Waals surface area contributed by atoms with E-state index in [0.717, 1.165) is 17.0 Å². The molecule has 1 fully saturated rings. The van der Waals surface area contributed by atoms with Gasteiger partial charge in [0.2, 0.25) is 10.0 Å². The van der Waals surface area contributed by atoms with Crippen LogP contribution in [-0.4, -0.2) is 65.8 Å². The molecule has 1 saturated heterocycles. The first-order valence-electron chi connectivity index (χ1n) is 11.2. The molecule has 36 heavy (non-hydrogen) atoms. The van der Waals surface area contributed by atoms with Gasteiger partial charge in [0.15, 0.2) is 0 Å². The molecule has 0 bridgehead atoms. The van der Waals surface area contributed by atoms with Gasteiger partial charge in [0.25, 0.3) is 10.1 Å². The molecule has 4 rings (SSSR count). The Labute approximate surface area is 210 Å². The van der Waals surface area contributed by atoms with Crippen LogP contribution in [0.3, 0.4) is 0 Å². The second kappa shape index (κ2) is 10.7. The number of nitrogens with zero attached hydrogens (tertiary/aromatic N) is 1. The lowest BCUT2D eigenvalue weighted by molar-refractivity contribution is 0.0599. The van der Waals surface area contributed by atoms with Crippen LogP contribution in [0.4, 0.5) is 0 Å². The molecule has 3 aromatic carbocycles. The minimum atomic E-state index is -3.97. The van der Waals surface area contributed by atoms with Crippen molar-refractivity contribution >= 4 is 36.9 Å². The maximum atomic E-state index is 13.6. The number of methoxy groups -OCH3 is 1. The molecular formula is C25H27NO8S2. The molecule has 1 aliphatic rings. The van der Waals surface area contributed by atoms with Gasteiger partial charge in [-0.25, -0.2) is 13.2 Å². The van der Waals surface area contributed by atoms with Gasteiger partial charge in [-0.05, 0) is 47.0 Å². The highest BCUT2D eigenvalue weighted by molar-refractivity contribution is 7.89. The Morgan fingerprint density at radius 1 is 0.972 bits per heavy atom. The van der Waals surface area contributed by atoms with Gasteiger partial charge in [-0.15, -0.1) is 0 Å². The highest BCUT2D eigenvalue weighted by Crippen LogP contribution is 2.30. The first-order chi connectivity index (χ1) is 17.1. The second-order valence-electron chi connectivity index (χ2n) is 8.60. The Balaban J connectivity index is 1.54. The second-order valence-corrected chi connectivity index (χ2v) is 12.1. The maximum Gasteiger partial charge on any atom is 0.337 e. The molecule has 0 spiro atoms. The fourth-order valence-electron chi connectivity index (χ4n) is 4.29. The minimum Gasteiger partial charge on any atom is -0.465 e. The van der Waals surface area contributed by atoms with E-state index in [2.05, 4.69) is 0 Å². The van der Waals surface area contributed by atoms with Crippen molar-refractivity contribution in [2.75, 3.05) is 26.5 Å². The van der Waals surface area contributed by atoms with E-state index in [0.29, 0.717) is 11.1 Å². The summed E-state index contributed by atoms with van der Waals surface area (Å²) in [6, 6.07) is 18.4. The van der Waals surface area contributed by atoms with E-state index in [1.807, 2.05) is 24.3 Å². The first kappa shape index (κ1) is 26.2. The maximum absolute atomic E-state index is 13.6. The number of esters is 1. The molecule has 0 saturated carbocycles. The van der Waals surface area contributed by atoms with E-state index in [9.17, 15) is 21.6 Å². The van der Waals surface area contributed by atoms with Crippen molar-refractivity contribution in [2.45, 2.75) is 30.1 Å². The molecule has 0 unspecified atom stereocenters. The van der Waals surface area contributed by atoms with Gasteiger partial charge in [0.1, 0.15) is 0 Å². The molecule has 2 atom stereocenters. The quantitative estimate of drug-likeness (QED) is 0.305. The van der Waals surface area contributed by atoms with Gasteiger partial charge in [-0.2, -0.15) is 12.7 Å². The zero-order valence-electron chi connectivity index (χ0n) is 19.9. The third-order valence-corrected chi connectivity index (χ3v) is 8.43. The van der Waals surface area contributed by atoms with Crippen LogP contribution in [0.1, 0.15) is 22.3 Å². The van der Waals surface area contributed by atoms with Crippen molar-refractivity contribution in [1.82, 2.24) is 4.31 Å². The number of hydrogen-bond acceptors (Lipinski definition) is 8. The lowest BCUT2D eigenvalue weighted by Gasteiger charge is -2.24. The highest BCUT2D eigenvalue weighted by Gasteiger charge is 2.42. The van der Waals surface area contributed by atoms with Crippen molar-refractivity contribution in [3.05, 3.63) is 77.9 Å². The largest absolute Gasteiger partial charge is 0.465 e. The van der Waals surface area contributed by atoms with Gasteiger partial charge >= 0.3 is 5.97 Å². The first-order valence-corrected chi connectivity index (χ1v) is 14.5. The zero-order chi connectivity index (χ0) is 25.9. The van der Waals surface area contributed by atoms with Gasteiger partial charge in [-0.1, -0.05) is 42.5 Å². The molecular weight excluding hydrogens is 506 g/mol. The summed E-state index contributed by atoms with van der Waals surface area (Å²) in [4.78, 5) is 11.9. The number of rotatable bonds is 9. The third kappa shape index (κ3) is 6.11. The predicted octanol–water partition coefficient (Wildman–Crippen LogP) is 2.95. The van der Waals surface area contributed by atoms with Crippen LogP contribution in [0.2, 0.25) is 0 Å². The number of ether oxygens (including phenoxy) is 2. The molecule has 1 aliphatic heterocycles. The summed E-state index contributed by atoms with van der Waals surface area (Å²) in [5.41, 5.74) is 1.09. The van der Waals surface area contributed by atoms with Crippen LogP contribution in [0, 0.1) is 0 Å². The van der Waals surface area contributed by atoms with Crippen LogP contribution in [-0.2, 0) is 40.4 Å². The van der Waals surface area contributed by atoms with Crippen LogP contribution in [0.25, 0.3) is 10.8 Å². The van der Waals surface area contributed by atoms with Crippen LogP contribution in [0.5, 0.6) is 0 Å². The predicted molar refractivity (Wildman–Crippen MR) is 133 cm³/mol. The molecule has 0 N–H and O–H groups in total. The van der Waals surface area contributed by atoms with Gasteiger partial charge < -0.3 is 9.47 Å². The molecule has 0 aliphatic carbocycles. The molecule has 1 heterocycles.